The van der Waals surface area contributed by atoms with E-state index in [0.29, 0.717) is 23.6 Å². The molecule has 2 aromatic heterocycles. The van der Waals surface area contributed by atoms with E-state index >= 15 is 0 Å². The van der Waals surface area contributed by atoms with Crippen LogP contribution in [0.4, 0.5) is 0 Å². The average Bonchev–Trinajstić information content (AvgIpc) is 2.99. The van der Waals surface area contributed by atoms with Crippen molar-refractivity contribution in [2.45, 2.75) is 19.6 Å². The number of amides is 1. The molecule has 0 spiro atoms. The maximum Gasteiger partial charge on any atom is 0.257 e. The Hall–Kier alpha value is -2.70. The van der Waals surface area contributed by atoms with Crippen LogP contribution in [0, 0.1) is 6.92 Å². The molecule has 0 saturated heterocycles. The number of aliphatic hydroxyl groups is 1. The number of hydrogen-bond acceptors (Lipinski definition) is 4. The molecule has 1 amide bonds. The highest BCUT2D eigenvalue weighted by Crippen LogP contribution is 2.30. The number of aryl methyl sites for hydroxylation is 1. The van der Waals surface area contributed by atoms with Gasteiger partial charge in [0.25, 0.3) is 5.91 Å². The Bertz CT molecular complexity index is 929. The summed E-state index contributed by atoms with van der Waals surface area (Å²) < 4.78 is 6.94. The highest BCUT2D eigenvalue weighted by molar-refractivity contribution is 5.84. The molecule has 1 N–H and O–H groups in total. The van der Waals surface area contributed by atoms with Crippen LogP contribution < -0.4 is 0 Å². The van der Waals surface area contributed by atoms with E-state index in [1.165, 1.54) is 4.90 Å². The van der Waals surface area contributed by atoms with Gasteiger partial charge in [0.15, 0.2) is 6.10 Å². The largest absolute Gasteiger partial charge is 0.380 e. The molecule has 136 valence electrons. The number of likely N-dealkylation sites (N-methyl/N-ethyl adjacent to an activating group) is 1. The van der Waals surface area contributed by atoms with E-state index in [0.717, 1.165) is 16.7 Å². The number of pyridine rings is 1. The zero-order valence-electron chi connectivity index (χ0n) is 15.4. The van der Waals surface area contributed by atoms with Crippen molar-refractivity contribution in [1.82, 2.24) is 14.3 Å². The molecule has 1 aromatic carbocycles. The van der Waals surface area contributed by atoms with E-state index in [-0.39, 0.29) is 5.91 Å². The first kappa shape index (κ1) is 18.1. The van der Waals surface area contributed by atoms with Gasteiger partial charge in [-0.1, -0.05) is 30.3 Å². The van der Waals surface area contributed by atoms with Crippen LogP contribution >= 0.6 is 0 Å². The molecule has 6 heteroatoms. The smallest absolute Gasteiger partial charge is 0.257 e. The third-order valence-corrected chi connectivity index (χ3v) is 4.28. The van der Waals surface area contributed by atoms with Crippen LogP contribution in [-0.4, -0.2) is 46.5 Å². The summed E-state index contributed by atoms with van der Waals surface area (Å²) in [5, 5.41) is 10.7. The lowest BCUT2D eigenvalue weighted by molar-refractivity contribution is -0.138. The number of ether oxygens (including phenoxy) is 1. The van der Waals surface area contributed by atoms with Crippen molar-refractivity contribution in [2.75, 3.05) is 21.2 Å². The summed E-state index contributed by atoms with van der Waals surface area (Å²) in [6, 6.07) is 11.6. The third-order valence-electron chi connectivity index (χ3n) is 4.28. The average molecular weight is 353 g/mol. The Kier molecular flexibility index (Phi) is 5.06. The van der Waals surface area contributed by atoms with Crippen LogP contribution in [0.3, 0.4) is 0 Å². The lowest BCUT2D eigenvalue weighted by Gasteiger charge is -2.17. The number of nitrogens with zero attached hydrogens (tertiary/aromatic N) is 3. The van der Waals surface area contributed by atoms with Gasteiger partial charge in [0.2, 0.25) is 0 Å². The molecular formula is C20H23N3O3. The SMILES string of the molecule is COCc1ccc(-c2nc3ccc(C)cn3c2C(O)C(=O)N(C)C)cc1. The van der Waals surface area contributed by atoms with Crippen LogP contribution in [-0.2, 0) is 16.1 Å². The maximum absolute atomic E-state index is 12.4. The standard InChI is InChI=1S/C20H23N3O3/c1-13-5-10-16-21-17(15-8-6-14(7-9-15)12-26-4)18(23(16)11-13)19(24)20(25)22(2)3/h5-11,19,24H,12H2,1-4H3. The minimum Gasteiger partial charge on any atom is -0.380 e. The normalized spacial score (nSPS) is 12.3. The second-order valence-electron chi connectivity index (χ2n) is 6.55. The van der Waals surface area contributed by atoms with Gasteiger partial charge < -0.3 is 14.7 Å². The van der Waals surface area contributed by atoms with E-state index < -0.39 is 6.10 Å². The van der Waals surface area contributed by atoms with Crippen molar-refractivity contribution in [3.05, 3.63) is 59.4 Å². The van der Waals surface area contributed by atoms with Crippen molar-refractivity contribution in [3.63, 3.8) is 0 Å². The lowest BCUT2D eigenvalue weighted by atomic mass is 10.0. The first-order valence-corrected chi connectivity index (χ1v) is 8.38. The number of carbonyl (C=O) groups excluding carboxylic acids is 1. The molecule has 0 aliphatic rings. The molecule has 26 heavy (non-hydrogen) atoms. The number of carbonyl (C=O) groups is 1. The predicted octanol–water partition coefficient (Wildman–Crippen LogP) is 2.58. The van der Waals surface area contributed by atoms with Gasteiger partial charge >= 0.3 is 0 Å². The number of rotatable bonds is 5. The van der Waals surface area contributed by atoms with E-state index in [4.69, 9.17) is 4.74 Å². The molecule has 0 radical (unpaired) electrons. The highest BCUT2D eigenvalue weighted by Gasteiger charge is 2.27. The second-order valence-corrected chi connectivity index (χ2v) is 6.55. The Morgan fingerprint density at radius 2 is 1.92 bits per heavy atom. The Morgan fingerprint density at radius 3 is 2.54 bits per heavy atom. The number of benzene rings is 1. The van der Waals surface area contributed by atoms with Crippen LogP contribution in [0.25, 0.3) is 16.9 Å². The minimum atomic E-state index is -1.30. The van der Waals surface area contributed by atoms with Crippen LogP contribution in [0.5, 0.6) is 0 Å². The first-order valence-electron chi connectivity index (χ1n) is 8.38. The van der Waals surface area contributed by atoms with Gasteiger partial charge in [0.05, 0.1) is 18.0 Å². The van der Waals surface area contributed by atoms with Crippen molar-refractivity contribution >= 4 is 11.6 Å². The quantitative estimate of drug-likeness (QED) is 0.766. The van der Waals surface area contributed by atoms with E-state index in [1.807, 2.05) is 49.5 Å². The Labute approximate surface area is 152 Å². The number of imidazole rings is 1. The van der Waals surface area contributed by atoms with Gasteiger partial charge in [-0.15, -0.1) is 0 Å². The predicted molar refractivity (Wildman–Crippen MR) is 99.7 cm³/mol. The fourth-order valence-corrected chi connectivity index (χ4v) is 2.93. The summed E-state index contributed by atoms with van der Waals surface area (Å²) in [4.78, 5) is 18.5. The molecule has 0 saturated carbocycles. The lowest BCUT2D eigenvalue weighted by Crippen LogP contribution is -2.29. The van der Waals surface area contributed by atoms with E-state index in [2.05, 4.69) is 4.98 Å². The summed E-state index contributed by atoms with van der Waals surface area (Å²) in [7, 11) is 4.90. The molecule has 0 aliphatic heterocycles. The molecule has 0 fully saturated rings. The van der Waals surface area contributed by atoms with Gasteiger partial charge in [-0.25, -0.2) is 4.98 Å². The fourth-order valence-electron chi connectivity index (χ4n) is 2.93. The molecule has 3 rings (SSSR count). The summed E-state index contributed by atoms with van der Waals surface area (Å²) >= 11 is 0. The van der Waals surface area contributed by atoms with Gasteiger partial charge in [0.1, 0.15) is 5.65 Å². The maximum atomic E-state index is 12.4. The van der Waals surface area contributed by atoms with Gasteiger partial charge in [-0.3, -0.25) is 9.20 Å². The van der Waals surface area contributed by atoms with Crippen molar-refractivity contribution in [1.29, 1.82) is 0 Å². The summed E-state index contributed by atoms with van der Waals surface area (Å²) in [6.45, 7) is 2.49. The monoisotopic (exact) mass is 353 g/mol. The van der Waals surface area contributed by atoms with Crippen LogP contribution in [0.1, 0.15) is 22.9 Å². The molecule has 0 aliphatic carbocycles. The van der Waals surface area contributed by atoms with Gasteiger partial charge in [0, 0.05) is 33.0 Å². The fraction of sp³-hybridized carbons (Fsp3) is 0.300. The Morgan fingerprint density at radius 1 is 1.23 bits per heavy atom. The molecule has 0 bridgehead atoms. The molecular weight excluding hydrogens is 330 g/mol. The molecule has 3 aromatic rings. The molecule has 1 unspecified atom stereocenters. The van der Waals surface area contributed by atoms with Crippen LogP contribution in [0.15, 0.2) is 42.6 Å². The highest BCUT2D eigenvalue weighted by atomic mass is 16.5. The van der Waals surface area contributed by atoms with E-state index in [1.54, 1.807) is 25.6 Å². The van der Waals surface area contributed by atoms with Gasteiger partial charge in [-0.2, -0.15) is 0 Å². The second kappa shape index (κ2) is 7.27. The summed E-state index contributed by atoms with van der Waals surface area (Å²) in [6.07, 6.45) is 0.586. The number of aliphatic hydroxyl groups excluding tert-OH is 1. The van der Waals surface area contributed by atoms with Gasteiger partial charge in [-0.05, 0) is 24.1 Å². The number of methoxy groups -OCH3 is 1. The van der Waals surface area contributed by atoms with Crippen molar-refractivity contribution in [3.8, 4) is 11.3 Å². The zero-order valence-corrected chi connectivity index (χ0v) is 15.4. The summed E-state index contributed by atoms with van der Waals surface area (Å²) in [5.74, 6) is -0.384. The number of hydrogen-bond donors (Lipinski definition) is 1. The third kappa shape index (κ3) is 3.34. The van der Waals surface area contributed by atoms with Crippen molar-refractivity contribution < 1.29 is 14.6 Å². The first-order chi connectivity index (χ1) is 12.4. The zero-order chi connectivity index (χ0) is 18.8. The molecule has 1 atom stereocenters. The molecule has 2 heterocycles. The number of aromatic nitrogens is 2. The van der Waals surface area contributed by atoms with Crippen LogP contribution in [0.2, 0.25) is 0 Å². The molecule has 6 nitrogen and oxygen atoms in total. The topological polar surface area (TPSA) is 67.1 Å². The Balaban J connectivity index is 2.17. The summed E-state index contributed by atoms with van der Waals surface area (Å²) in [5.41, 5.74) is 4.66. The van der Waals surface area contributed by atoms with E-state index in [9.17, 15) is 9.90 Å². The minimum absolute atomic E-state index is 0.384. The number of fused-ring (bicyclic) bond motifs is 1. The van der Waals surface area contributed by atoms with Crippen molar-refractivity contribution in [2.24, 2.45) is 0 Å².